The lowest BCUT2D eigenvalue weighted by molar-refractivity contribution is 0.174. The summed E-state index contributed by atoms with van der Waals surface area (Å²) in [7, 11) is -3.63. The minimum atomic E-state index is -3.63. The number of ether oxygens (including phenoxy) is 2. The lowest BCUT2D eigenvalue weighted by Crippen LogP contribution is -2.22. The Labute approximate surface area is 122 Å². The van der Waals surface area contributed by atoms with E-state index in [1.54, 1.807) is 24.4 Å². The van der Waals surface area contributed by atoms with Gasteiger partial charge in [-0.05, 0) is 23.8 Å². The SMILES string of the molecule is NCC(c1cccnc1)S(=O)(=O)c1ccc2c(c1)OCO2. The molecule has 1 aromatic carbocycles. The number of fused-ring (bicyclic) bond motifs is 1. The molecule has 2 N–H and O–H groups in total. The highest BCUT2D eigenvalue weighted by atomic mass is 32.2. The van der Waals surface area contributed by atoms with E-state index in [9.17, 15) is 8.42 Å². The van der Waals surface area contributed by atoms with Crippen LogP contribution in [0.4, 0.5) is 0 Å². The van der Waals surface area contributed by atoms with E-state index >= 15 is 0 Å². The van der Waals surface area contributed by atoms with Gasteiger partial charge in [0.1, 0.15) is 5.25 Å². The van der Waals surface area contributed by atoms with Gasteiger partial charge in [-0.1, -0.05) is 6.07 Å². The number of nitrogens with two attached hydrogens (primary N) is 1. The van der Waals surface area contributed by atoms with E-state index in [1.807, 2.05) is 0 Å². The van der Waals surface area contributed by atoms with Gasteiger partial charge in [-0.15, -0.1) is 0 Å². The maximum absolute atomic E-state index is 12.8. The Morgan fingerprint density at radius 1 is 1.24 bits per heavy atom. The fraction of sp³-hybridized carbons (Fsp3) is 0.214. The van der Waals surface area contributed by atoms with E-state index in [4.69, 9.17) is 15.2 Å². The summed E-state index contributed by atoms with van der Waals surface area (Å²) in [5, 5.41) is -0.841. The molecule has 0 radical (unpaired) electrons. The van der Waals surface area contributed by atoms with E-state index in [0.717, 1.165) is 0 Å². The second-order valence-electron chi connectivity index (χ2n) is 4.57. The third-order valence-electron chi connectivity index (χ3n) is 3.32. The van der Waals surface area contributed by atoms with Gasteiger partial charge in [0.2, 0.25) is 6.79 Å². The lowest BCUT2D eigenvalue weighted by atomic mass is 10.2. The number of pyridine rings is 1. The van der Waals surface area contributed by atoms with Crippen LogP contribution in [0.15, 0.2) is 47.6 Å². The van der Waals surface area contributed by atoms with Crippen LogP contribution in [-0.4, -0.2) is 26.7 Å². The van der Waals surface area contributed by atoms with Crippen molar-refractivity contribution in [2.24, 2.45) is 5.73 Å². The zero-order chi connectivity index (χ0) is 14.9. The number of benzene rings is 1. The molecular weight excluding hydrogens is 292 g/mol. The normalized spacial score (nSPS) is 14.9. The summed E-state index contributed by atoms with van der Waals surface area (Å²) in [5.74, 6) is 0.970. The molecule has 0 aliphatic carbocycles. The van der Waals surface area contributed by atoms with E-state index in [0.29, 0.717) is 17.1 Å². The molecule has 21 heavy (non-hydrogen) atoms. The van der Waals surface area contributed by atoms with Gasteiger partial charge in [0.05, 0.1) is 4.90 Å². The molecule has 0 bridgehead atoms. The van der Waals surface area contributed by atoms with Gasteiger partial charge >= 0.3 is 0 Å². The molecule has 0 spiro atoms. The number of hydrogen-bond acceptors (Lipinski definition) is 6. The van der Waals surface area contributed by atoms with Crippen molar-refractivity contribution in [1.82, 2.24) is 4.98 Å². The summed E-state index contributed by atoms with van der Waals surface area (Å²) in [4.78, 5) is 4.11. The van der Waals surface area contributed by atoms with Crippen LogP contribution in [0.2, 0.25) is 0 Å². The molecule has 1 unspecified atom stereocenters. The van der Waals surface area contributed by atoms with Crippen LogP contribution in [-0.2, 0) is 9.84 Å². The summed E-state index contributed by atoms with van der Waals surface area (Å²) >= 11 is 0. The van der Waals surface area contributed by atoms with E-state index in [-0.39, 0.29) is 18.2 Å². The van der Waals surface area contributed by atoms with Crippen LogP contribution in [0, 0.1) is 0 Å². The van der Waals surface area contributed by atoms with E-state index in [2.05, 4.69) is 4.98 Å². The Balaban J connectivity index is 2.03. The first-order chi connectivity index (χ1) is 10.1. The Bertz CT molecular complexity index is 747. The van der Waals surface area contributed by atoms with E-state index in [1.165, 1.54) is 18.3 Å². The second-order valence-corrected chi connectivity index (χ2v) is 6.70. The topological polar surface area (TPSA) is 91.5 Å². The smallest absolute Gasteiger partial charge is 0.231 e. The van der Waals surface area contributed by atoms with Crippen molar-refractivity contribution in [2.75, 3.05) is 13.3 Å². The Morgan fingerprint density at radius 3 is 2.76 bits per heavy atom. The number of sulfone groups is 1. The van der Waals surface area contributed by atoms with Gasteiger partial charge in [0.15, 0.2) is 21.3 Å². The molecule has 3 rings (SSSR count). The van der Waals surface area contributed by atoms with Crippen molar-refractivity contribution in [2.45, 2.75) is 10.1 Å². The summed E-state index contributed by atoms with van der Waals surface area (Å²) in [6, 6.07) is 7.95. The van der Waals surface area contributed by atoms with Gasteiger partial charge in [-0.2, -0.15) is 0 Å². The molecule has 1 atom stereocenters. The number of aromatic nitrogens is 1. The van der Waals surface area contributed by atoms with Gasteiger partial charge in [-0.25, -0.2) is 8.42 Å². The first-order valence-electron chi connectivity index (χ1n) is 6.36. The number of nitrogens with zero attached hydrogens (tertiary/aromatic N) is 1. The lowest BCUT2D eigenvalue weighted by Gasteiger charge is -2.16. The van der Waals surface area contributed by atoms with E-state index < -0.39 is 15.1 Å². The predicted octanol–water partition coefficient (Wildman–Crippen LogP) is 1.28. The molecule has 0 saturated carbocycles. The van der Waals surface area contributed by atoms with Gasteiger partial charge in [0, 0.05) is 25.0 Å². The highest BCUT2D eigenvalue weighted by molar-refractivity contribution is 7.91. The Kier molecular flexibility index (Phi) is 3.52. The molecule has 0 saturated heterocycles. The van der Waals surface area contributed by atoms with Crippen molar-refractivity contribution in [3.05, 3.63) is 48.3 Å². The van der Waals surface area contributed by atoms with Gasteiger partial charge in [-0.3, -0.25) is 4.98 Å². The molecule has 1 aromatic heterocycles. The largest absolute Gasteiger partial charge is 0.454 e. The van der Waals surface area contributed by atoms with Crippen molar-refractivity contribution in [3.8, 4) is 11.5 Å². The highest BCUT2D eigenvalue weighted by Gasteiger charge is 2.29. The number of rotatable bonds is 4. The van der Waals surface area contributed by atoms with Crippen molar-refractivity contribution >= 4 is 9.84 Å². The summed E-state index contributed by atoms with van der Waals surface area (Å²) in [6.07, 6.45) is 3.10. The Morgan fingerprint density at radius 2 is 2.05 bits per heavy atom. The minimum Gasteiger partial charge on any atom is -0.454 e. The standard InChI is InChI=1S/C14H14N2O4S/c15-7-14(10-2-1-5-16-8-10)21(17,18)11-3-4-12-13(6-11)20-9-19-12/h1-6,8,14H,7,9,15H2. The molecular formula is C14H14N2O4S. The fourth-order valence-electron chi connectivity index (χ4n) is 2.23. The van der Waals surface area contributed by atoms with Gasteiger partial charge in [0.25, 0.3) is 0 Å². The van der Waals surface area contributed by atoms with Crippen LogP contribution in [0.5, 0.6) is 11.5 Å². The van der Waals surface area contributed by atoms with Crippen LogP contribution in [0.1, 0.15) is 10.8 Å². The fourth-order valence-corrected chi connectivity index (χ4v) is 3.84. The zero-order valence-electron chi connectivity index (χ0n) is 11.1. The summed E-state index contributed by atoms with van der Waals surface area (Å²) in [5.41, 5.74) is 6.25. The molecule has 7 heteroatoms. The Hall–Kier alpha value is -2.12. The molecule has 1 aliphatic rings. The molecule has 2 heterocycles. The quantitative estimate of drug-likeness (QED) is 0.915. The van der Waals surface area contributed by atoms with Crippen LogP contribution < -0.4 is 15.2 Å². The maximum Gasteiger partial charge on any atom is 0.231 e. The summed E-state index contributed by atoms with van der Waals surface area (Å²) in [6.45, 7) is 0.0736. The molecule has 6 nitrogen and oxygen atoms in total. The average Bonchev–Trinajstić information content (AvgIpc) is 2.96. The molecule has 0 fully saturated rings. The third-order valence-corrected chi connectivity index (χ3v) is 5.44. The predicted molar refractivity (Wildman–Crippen MR) is 75.8 cm³/mol. The first kappa shape index (κ1) is 13.8. The maximum atomic E-state index is 12.8. The average molecular weight is 306 g/mol. The highest BCUT2D eigenvalue weighted by Crippen LogP contribution is 2.36. The van der Waals surface area contributed by atoms with Crippen LogP contribution in [0.3, 0.4) is 0 Å². The molecule has 110 valence electrons. The zero-order valence-corrected chi connectivity index (χ0v) is 11.9. The molecule has 1 aliphatic heterocycles. The first-order valence-corrected chi connectivity index (χ1v) is 7.91. The monoisotopic (exact) mass is 306 g/mol. The summed E-state index contributed by atoms with van der Waals surface area (Å²) < 4.78 is 35.9. The number of hydrogen-bond donors (Lipinski definition) is 1. The van der Waals surface area contributed by atoms with Gasteiger partial charge < -0.3 is 15.2 Å². The minimum absolute atomic E-state index is 0.0253. The molecule has 0 amide bonds. The van der Waals surface area contributed by atoms with Crippen molar-refractivity contribution < 1.29 is 17.9 Å². The van der Waals surface area contributed by atoms with Crippen molar-refractivity contribution in [1.29, 1.82) is 0 Å². The van der Waals surface area contributed by atoms with Crippen LogP contribution >= 0.6 is 0 Å². The third kappa shape index (κ3) is 2.45. The second kappa shape index (κ2) is 5.34. The molecule has 2 aromatic rings. The van der Waals surface area contributed by atoms with Crippen molar-refractivity contribution in [3.63, 3.8) is 0 Å². The van der Waals surface area contributed by atoms with Crippen LogP contribution in [0.25, 0.3) is 0 Å².